The van der Waals surface area contributed by atoms with Crippen molar-refractivity contribution >= 4 is 0 Å². The fraction of sp³-hybridized carbons (Fsp3) is 0.429. The van der Waals surface area contributed by atoms with Gasteiger partial charge in [0, 0.05) is 0 Å². The molecule has 0 radical (unpaired) electrons. The molecule has 0 aliphatic heterocycles. The molecular weight excluding hydrogens is 200 g/mol. The summed E-state index contributed by atoms with van der Waals surface area (Å²) in [5, 5.41) is 9.86. The predicted molar refractivity (Wildman–Crippen MR) is 64.9 cm³/mol. The summed E-state index contributed by atoms with van der Waals surface area (Å²) >= 11 is 0. The molecule has 1 aliphatic rings. The van der Waals surface area contributed by atoms with E-state index in [2.05, 4.69) is 6.58 Å². The fourth-order valence-electron chi connectivity index (χ4n) is 2.63. The van der Waals surface area contributed by atoms with Crippen molar-refractivity contribution in [1.29, 1.82) is 0 Å². The summed E-state index contributed by atoms with van der Waals surface area (Å²) in [4.78, 5) is 0. The Morgan fingerprint density at radius 1 is 1.25 bits per heavy atom. The van der Waals surface area contributed by atoms with Crippen LogP contribution in [0.15, 0.2) is 36.6 Å². The minimum Gasteiger partial charge on any atom is -0.512 e. The van der Waals surface area contributed by atoms with Gasteiger partial charge < -0.3 is 9.84 Å². The molecule has 1 aromatic carbocycles. The fourth-order valence-corrected chi connectivity index (χ4v) is 2.63. The van der Waals surface area contributed by atoms with Crippen molar-refractivity contribution < 1.29 is 9.84 Å². The highest BCUT2D eigenvalue weighted by atomic mass is 16.5. The molecule has 86 valence electrons. The van der Waals surface area contributed by atoms with Crippen LogP contribution in [0.25, 0.3) is 0 Å². The number of hydrogen-bond donors (Lipinski definition) is 1. The molecule has 0 saturated heterocycles. The normalized spacial score (nSPS) is 18.3. The zero-order chi connectivity index (χ0) is 11.6. The van der Waals surface area contributed by atoms with Crippen molar-refractivity contribution in [2.24, 2.45) is 0 Å². The Labute approximate surface area is 96.6 Å². The summed E-state index contributed by atoms with van der Waals surface area (Å²) in [6, 6.07) is 7.95. The molecule has 0 unspecified atom stereocenters. The number of aliphatic hydroxyl groups is 1. The number of aliphatic hydroxyl groups excluding tert-OH is 1. The Kier molecular flexibility index (Phi) is 2.90. The molecule has 2 rings (SSSR count). The molecule has 1 aliphatic carbocycles. The lowest BCUT2D eigenvalue weighted by Crippen LogP contribution is -2.24. The van der Waals surface area contributed by atoms with Gasteiger partial charge in [0.05, 0.1) is 18.3 Å². The minimum absolute atomic E-state index is 0.216. The maximum Gasteiger partial charge on any atom is 0.118 e. The third-order valence-corrected chi connectivity index (χ3v) is 3.65. The molecule has 2 nitrogen and oxygen atoms in total. The smallest absolute Gasteiger partial charge is 0.118 e. The van der Waals surface area contributed by atoms with Gasteiger partial charge in [-0.3, -0.25) is 0 Å². The summed E-state index contributed by atoms with van der Waals surface area (Å²) in [5.41, 5.74) is 0.935. The van der Waals surface area contributed by atoms with Crippen LogP contribution in [-0.2, 0) is 5.41 Å². The van der Waals surface area contributed by atoms with Crippen LogP contribution in [0.5, 0.6) is 5.75 Å². The number of hydrogen-bond acceptors (Lipinski definition) is 2. The highest BCUT2D eigenvalue weighted by Crippen LogP contribution is 2.45. The van der Waals surface area contributed by atoms with E-state index in [4.69, 9.17) is 4.74 Å². The largest absolute Gasteiger partial charge is 0.512 e. The first-order valence-electron chi connectivity index (χ1n) is 5.72. The van der Waals surface area contributed by atoms with Crippen LogP contribution in [0.2, 0.25) is 0 Å². The lowest BCUT2D eigenvalue weighted by Gasteiger charge is -2.28. The lowest BCUT2D eigenvalue weighted by atomic mass is 9.77. The minimum atomic E-state index is -0.216. The number of methoxy groups -OCH3 is 1. The van der Waals surface area contributed by atoms with Crippen molar-refractivity contribution in [1.82, 2.24) is 0 Å². The maximum atomic E-state index is 9.86. The Hall–Kier alpha value is -1.44. The molecule has 2 heteroatoms. The summed E-state index contributed by atoms with van der Waals surface area (Å²) in [6.07, 6.45) is 4.31. The Morgan fingerprint density at radius 2 is 1.81 bits per heavy atom. The first-order chi connectivity index (χ1) is 7.69. The second-order valence-electron chi connectivity index (χ2n) is 4.46. The van der Waals surface area contributed by atoms with E-state index in [0.29, 0.717) is 5.76 Å². The van der Waals surface area contributed by atoms with Crippen molar-refractivity contribution in [2.45, 2.75) is 31.1 Å². The van der Waals surface area contributed by atoms with Gasteiger partial charge in [-0.15, -0.1) is 0 Å². The van der Waals surface area contributed by atoms with Gasteiger partial charge in [-0.2, -0.15) is 0 Å². The maximum absolute atomic E-state index is 9.86. The standard InChI is InChI=1S/C14H18O2/c1-11(15)14(9-3-4-10-14)12-5-7-13(16-2)8-6-12/h5-8,15H,1,3-4,9-10H2,2H3. The first-order valence-corrected chi connectivity index (χ1v) is 5.72. The van der Waals surface area contributed by atoms with Crippen molar-refractivity contribution in [3.8, 4) is 5.75 Å². The number of allylic oxidation sites excluding steroid dienone is 1. The predicted octanol–water partition coefficient (Wildman–Crippen LogP) is 3.58. The van der Waals surface area contributed by atoms with E-state index < -0.39 is 0 Å². The van der Waals surface area contributed by atoms with Crippen LogP contribution in [0.4, 0.5) is 0 Å². The van der Waals surface area contributed by atoms with E-state index in [1.807, 2.05) is 24.3 Å². The van der Waals surface area contributed by atoms with Crippen LogP contribution in [0, 0.1) is 0 Å². The molecule has 1 fully saturated rings. The number of rotatable bonds is 3. The molecule has 1 saturated carbocycles. The summed E-state index contributed by atoms with van der Waals surface area (Å²) < 4.78 is 5.14. The molecule has 0 atom stereocenters. The van der Waals surface area contributed by atoms with Gasteiger partial charge in [0.25, 0.3) is 0 Å². The summed E-state index contributed by atoms with van der Waals surface area (Å²) in [5.74, 6) is 1.15. The molecule has 0 heterocycles. The van der Waals surface area contributed by atoms with Gasteiger partial charge in [0.15, 0.2) is 0 Å². The monoisotopic (exact) mass is 218 g/mol. The van der Waals surface area contributed by atoms with Gasteiger partial charge in [0.1, 0.15) is 5.75 Å². The molecule has 1 aromatic rings. The van der Waals surface area contributed by atoms with Gasteiger partial charge >= 0.3 is 0 Å². The van der Waals surface area contributed by atoms with E-state index in [1.54, 1.807) is 7.11 Å². The summed E-state index contributed by atoms with van der Waals surface area (Å²) in [6.45, 7) is 3.75. The molecule has 0 aromatic heterocycles. The molecule has 0 spiro atoms. The highest BCUT2D eigenvalue weighted by Gasteiger charge is 2.38. The molecule has 16 heavy (non-hydrogen) atoms. The SMILES string of the molecule is C=C(O)C1(c2ccc(OC)cc2)CCCC1. The van der Waals surface area contributed by atoms with Crippen molar-refractivity contribution in [3.05, 3.63) is 42.2 Å². The Morgan fingerprint density at radius 3 is 2.25 bits per heavy atom. The van der Waals surface area contributed by atoms with Crippen LogP contribution in [0.1, 0.15) is 31.2 Å². The zero-order valence-corrected chi connectivity index (χ0v) is 9.70. The van der Waals surface area contributed by atoms with Gasteiger partial charge in [-0.05, 0) is 30.5 Å². The molecule has 0 bridgehead atoms. The van der Waals surface area contributed by atoms with E-state index >= 15 is 0 Å². The highest BCUT2D eigenvalue weighted by molar-refractivity contribution is 5.37. The molecule has 1 N–H and O–H groups in total. The van der Waals surface area contributed by atoms with Gasteiger partial charge in [-0.1, -0.05) is 31.6 Å². The Bertz CT molecular complexity index is 372. The zero-order valence-electron chi connectivity index (χ0n) is 9.70. The third kappa shape index (κ3) is 1.69. The first kappa shape index (κ1) is 11.1. The van der Waals surface area contributed by atoms with Crippen LogP contribution >= 0.6 is 0 Å². The van der Waals surface area contributed by atoms with Crippen molar-refractivity contribution in [2.75, 3.05) is 7.11 Å². The topological polar surface area (TPSA) is 29.5 Å². The average molecular weight is 218 g/mol. The Balaban J connectivity index is 2.36. The quantitative estimate of drug-likeness (QED) is 0.786. The van der Waals surface area contributed by atoms with Crippen molar-refractivity contribution in [3.63, 3.8) is 0 Å². The average Bonchev–Trinajstić information content (AvgIpc) is 2.79. The van der Waals surface area contributed by atoms with E-state index in [9.17, 15) is 5.11 Å². The number of benzene rings is 1. The second kappa shape index (κ2) is 4.20. The second-order valence-corrected chi connectivity index (χ2v) is 4.46. The lowest BCUT2D eigenvalue weighted by molar-refractivity contribution is 0.297. The van der Waals surface area contributed by atoms with E-state index in [-0.39, 0.29) is 5.41 Å². The summed E-state index contributed by atoms with van der Waals surface area (Å²) in [7, 11) is 1.66. The molecular formula is C14H18O2. The third-order valence-electron chi connectivity index (χ3n) is 3.65. The van der Waals surface area contributed by atoms with Crippen LogP contribution in [-0.4, -0.2) is 12.2 Å². The van der Waals surface area contributed by atoms with Gasteiger partial charge in [0.2, 0.25) is 0 Å². The van der Waals surface area contributed by atoms with E-state index in [1.165, 1.54) is 0 Å². The van der Waals surface area contributed by atoms with E-state index in [0.717, 1.165) is 37.0 Å². The van der Waals surface area contributed by atoms with Gasteiger partial charge in [-0.25, -0.2) is 0 Å². The van der Waals surface area contributed by atoms with Crippen LogP contribution < -0.4 is 4.74 Å². The van der Waals surface area contributed by atoms with Crippen LogP contribution in [0.3, 0.4) is 0 Å². The number of ether oxygens (including phenoxy) is 1. The molecule has 0 amide bonds.